The van der Waals surface area contributed by atoms with Gasteiger partial charge in [-0.3, -0.25) is 4.79 Å². The van der Waals surface area contributed by atoms with E-state index in [0.29, 0.717) is 18.5 Å². The number of aliphatic hydroxyl groups is 1. The van der Waals surface area contributed by atoms with Crippen molar-refractivity contribution < 1.29 is 14.6 Å². The van der Waals surface area contributed by atoms with Crippen LogP contribution in [0, 0.1) is 5.92 Å². The fourth-order valence-electron chi connectivity index (χ4n) is 3.36. The van der Waals surface area contributed by atoms with Gasteiger partial charge in [0, 0.05) is 24.8 Å². The van der Waals surface area contributed by atoms with E-state index in [-0.39, 0.29) is 12.5 Å². The second-order valence-electron chi connectivity index (χ2n) is 5.81. The van der Waals surface area contributed by atoms with Crippen molar-refractivity contribution >= 4 is 5.91 Å². The molecule has 108 valence electrons. The van der Waals surface area contributed by atoms with Crippen molar-refractivity contribution in [2.45, 2.75) is 38.3 Å². The van der Waals surface area contributed by atoms with Crippen molar-refractivity contribution in [1.82, 2.24) is 4.90 Å². The van der Waals surface area contributed by atoms with Crippen LogP contribution in [0.15, 0.2) is 18.2 Å². The van der Waals surface area contributed by atoms with Crippen molar-refractivity contribution in [3.05, 3.63) is 29.3 Å². The molecule has 1 fully saturated rings. The molecule has 1 amide bonds. The van der Waals surface area contributed by atoms with Crippen LogP contribution in [-0.4, -0.2) is 35.7 Å². The first kappa shape index (κ1) is 13.4. The number of rotatable bonds is 3. The Labute approximate surface area is 119 Å². The molecule has 1 heterocycles. The number of nitrogens with zero attached hydrogens (tertiary/aromatic N) is 1. The first-order valence-electron chi connectivity index (χ1n) is 7.31. The highest BCUT2D eigenvalue weighted by Crippen LogP contribution is 2.34. The van der Waals surface area contributed by atoms with Crippen LogP contribution in [0.3, 0.4) is 0 Å². The molecule has 20 heavy (non-hydrogen) atoms. The van der Waals surface area contributed by atoms with Crippen LogP contribution >= 0.6 is 0 Å². The van der Waals surface area contributed by atoms with E-state index in [1.54, 1.807) is 7.11 Å². The lowest BCUT2D eigenvalue weighted by molar-refractivity contribution is 0.0609. The Morgan fingerprint density at radius 3 is 2.70 bits per heavy atom. The standard InChI is InChI=1S/C16H21NO3/c1-20-14-7-4-12-9-17(16(19)15(12)8-14)13-5-2-11(10-18)3-6-13/h4,7-8,11,13,18H,2-3,5-6,9-10H2,1H3. The minimum Gasteiger partial charge on any atom is -0.497 e. The van der Waals surface area contributed by atoms with Crippen LogP contribution in [-0.2, 0) is 6.54 Å². The van der Waals surface area contributed by atoms with Gasteiger partial charge in [0.2, 0.25) is 0 Å². The normalized spacial score (nSPS) is 25.7. The molecule has 0 atom stereocenters. The second-order valence-corrected chi connectivity index (χ2v) is 5.81. The topological polar surface area (TPSA) is 49.8 Å². The highest BCUT2D eigenvalue weighted by atomic mass is 16.5. The number of carbonyl (C=O) groups is 1. The van der Waals surface area contributed by atoms with E-state index < -0.39 is 0 Å². The first-order chi connectivity index (χ1) is 9.72. The van der Waals surface area contributed by atoms with Crippen LogP contribution in [0.2, 0.25) is 0 Å². The molecule has 0 saturated heterocycles. The third-order valence-corrected chi connectivity index (χ3v) is 4.66. The third-order valence-electron chi connectivity index (χ3n) is 4.66. The van der Waals surface area contributed by atoms with E-state index in [1.165, 1.54) is 0 Å². The lowest BCUT2D eigenvalue weighted by atomic mass is 9.86. The average Bonchev–Trinajstić information content (AvgIpc) is 2.84. The van der Waals surface area contributed by atoms with Crippen molar-refractivity contribution in [2.24, 2.45) is 5.92 Å². The van der Waals surface area contributed by atoms with Gasteiger partial charge in [-0.1, -0.05) is 6.07 Å². The number of fused-ring (bicyclic) bond motifs is 1. The highest BCUT2D eigenvalue weighted by Gasteiger charge is 2.34. The monoisotopic (exact) mass is 275 g/mol. The van der Waals surface area contributed by atoms with Gasteiger partial charge < -0.3 is 14.7 Å². The molecule has 4 nitrogen and oxygen atoms in total. The molecule has 4 heteroatoms. The maximum Gasteiger partial charge on any atom is 0.254 e. The fourth-order valence-corrected chi connectivity index (χ4v) is 3.36. The van der Waals surface area contributed by atoms with Crippen molar-refractivity contribution in [2.75, 3.05) is 13.7 Å². The molecule has 1 N–H and O–H groups in total. The zero-order valence-corrected chi connectivity index (χ0v) is 11.8. The van der Waals surface area contributed by atoms with Crippen molar-refractivity contribution in [3.8, 4) is 5.75 Å². The van der Waals surface area contributed by atoms with Gasteiger partial charge in [-0.05, 0) is 49.3 Å². The smallest absolute Gasteiger partial charge is 0.254 e. The van der Waals surface area contributed by atoms with Crippen LogP contribution in [0.25, 0.3) is 0 Å². The van der Waals surface area contributed by atoms with Gasteiger partial charge in [0.1, 0.15) is 5.75 Å². The van der Waals surface area contributed by atoms with Crippen molar-refractivity contribution in [3.63, 3.8) is 0 Å². The molecule has 0 aromatic heterocycles. The molecule has 1 aromatic rings. The van der Waals surface area contributed by atoms with Gasteiger partial charge in [0.25, 0.3) is 5.91 Å². The Morgan fingerprint density at radius 2 is 2.05 bits per heavy atom. The average molecular weight is 275 g/mol. The predicted octanol–water partition coefficient (Wildman–Crippen LogP) is 2.20. The van der Waals surface area contributed by atoms with E-state index in [2.05, 4.69) is 0 Å². The summed E-state index contributed by atoms with van der Waals surface area (Å²) in [5, 5.41) is 9.20. The largest absolute Gasteiger partial charge is 0.497 e. The van der Waals surface area contributed by atoms with Crippen LogP contribution in [0.5, 0.6) is 5.75 Å². The van der Waals surface area contributed by atoms with Gasteiger partial charge in [-0.25, -0.2) is 0 Å². The van der Waals surface area contributed by atoms with E-state index in [0.717, 1.165) is 42.6 Å². The number of benzene rings is 1. The zero-order chi connectivity index (χ0) is 14.1. The first-order valence-corrected chi connectivity index (χ1v) is 7.31. The molecule has 3 rings (SSSR count). The molecule has 0 unspecified atom stereocenters. The molecule has 1 saturated carbocycles. The Hall–Kier alpha value is -1.55. The number of methoxy groups -OCH3 is 1. The van der Waals surface area contributed by atoms with Crippen LogP contribution in [0.1, 0.15) is 41.6 Å². The summed E-state index contributed by atoms with van der Waals surface area (Å²) in [6, 6.07) is 6.07. The Kier molecular flexibility index (Phi) is 3.66. The van der Waals surface area contributed by atoms with Crippen molar-refractivity contribution in [1.29, 1.82) is 0 Å². The molecule has 1 aliphatic heterocycles. The van der Waals surface area contributed by atoms with Gasteiger partial charge in [-0.15, -0.1) is 0 Å². The summed E-state index contributed by atoms with van der Waals surface area (Å²) >= 11 is 0. The Balaban J connectivity index is 1.74. The molecule has 0 bridgehead atoms. The summed E-state index contributed by atoms with van der Waals surface area (Å²) < 4.78 is 5.20. The maximum atomic E-state index is 12.5. The Morgan fingerprint density at radius 1 is 1.30 bits per heavy atom. The summed E-state index contributed by atoms with van der Waals surface area (Å²) in [6.45, 7) is 0.991. The van der Waals surface area contributed by atoms with Crippen LogP contribution < -0.4 is 4.74 Å². The molecule has 0 spiro atoms. The van der Waals surface area contributed by atoms with Gasteiger partial charge in [0.15, 0.2) is 0 Å². The van der Waals surface area contributed by atoms with E-state index >= 15 is 0 Å². The summed E-state index contributed by atoms with van der Waals surface area (Å²) in [4.78, 5) is 14.5. The summed E-state index contributed by atoms with van der Waals surface area (Å²) in [5.41, 5.74) is 1.88. The van der Waals surface area contributed by atoms with Gasteiger partial charge >= 0.3 is 0 Å². The number of hydrogen-bond donors (Lipinski definition) is 1. The number of aliphatic hydroxyl groups excluding tert-OH is 1. The van der Waals surface area contributed by atoms with E-state index in [1.807, 2.05) is 23.1 Å². The molecule has 1 aromatic carbocycles. The number of carbonyl (C=O) groups excluding carboxylic acids is 1. The molecule has 1 aliphatic carbocycles. The van der Waals surface area contributed by atoms with Gasteiger partial charge in [-0.2, -0.15) is 0 Å². The number of amides is 1. The molecule has 2 aliphatic rings. The zero-order valence-electron chi connectivity index (χ0n) is 11.8. The third kappa shape index (κ3) is 2.29. The van der Waals surface area contributed by atoms with Gasteiger partial charge in [0.05, 0.1) is 7.11 Å². The predicted molar refractivity (Wildman–Crippen MR) is 75.7 cm³/mol. The minimum atomic E-state index is 0.131. The Bertz CT molecular complexity index is 506. The van der Waals surface area contributed by atoms with E-state index in [4.69, 9.17) is 4.74 Å². The summed E-state index contributed by atoms with van der Waals surface area (Å²) in [7, 11) is 1.62. The van der Waals surface area contributed by atoms with Crippen LogP contribution in [0.4, 0.5) is 0 Å². The summed E-state index contributed by atoms with van der Waals surface area (Å²) in [5.74, 6) is 1.29. The molecular formula is C16H21NO3. The SMILES string of the molecule is COc1ccc2c(c1)C(=O)N(C1CCC(CO)CC1)C2. The van der Waals surface area contributed by atoms with E-state index in [9.17, 15) is 9.90 Å². The number of ether oxygens (including phenoxy) is 1. The molecular weight excluding hydrogens is 254 g/mol. The number of hydrogen-bond acceptors (Lipinski definition) is 3. The highest BCUT2D eigenvalue weighted by molar-refractivity contribution is 5.99. The fraction of sp³-hybridized carbons (Fsp3) is 0.562. The minimum absolute atomic E-state index is 0.131. The lowest BCUT2D eigenvalue weighted by Crippen LogP contribution is -2.38. The quantitative estimate of drug-likeness (QED) is 0.920. The maximum absolute atomic E-state index is 12.5. The summed E-state index contributed by atoms with van der Waals surface area (Å²) in [6.07, 6.45) is 4.04. The molecule has 0 radical (unpaired) electrons. The second kappa shape index (κ2) is 5.44. The lowest BCUT2D eigenvalue weighted by Gasteiger charge is -2.34.